The predicted octanol–water partition coefficient (Wildman–Crippen LogP) is 4.76. The van der Waals surface area contributed by atoms with E-state index in [9.17, 15) is 18.9 Å². The number of rotatable bonds is 8. The van der Waals surface area contributed by atoms with Gasteiger partial charge in [0.05, 0.1) is 16.9 Å². The van der Waals surface area contributed by atoms with Crippen LogP contribution in [0.2, 0.25) is 0 Å². The van der Waals surface area contributed by atoms with Gasteiger partial charge in [-0.2, -0.15) is 8.78 Å². The molecule has 0 spiro atoms. The lowest BCUT2D eigenvalue weighted by atomic mass is 10.1. The average molecular weight is 389 g/mol. The zero-order valence-electron chi connectivity index (χ0n) is 14.9. The summed E-state index contributed by atoms with van der Waals surface area (Å²) >= 11 is 0. The van der Waals surface area contributed by atoms with Crippen molar-refractivity contribution < 1.29 is 23.2 Å². The van der Waals surface area contributed by atoms with Crippen LogP contribution in [0.5, 0.6) is 11.5 Å². The smallest absolute Gasteiger partial charge is 0.387 e. The zero-order valence-corrected chi connectivity index (χ0v) is 14.9. The number of alkyl halides is 2. The van der Waals surface area contributed by atoms with Crippen LogP contribution in [-0.4, -0.2) is 23.1 Å². The van der Waals surface area contributed by atoms with Gasteiger partial charge < -0.3 is 14.8 Å². The molecule has 7 nitrogen and oxygen atoms in total. The van der Waals surface area contributed by atoms with Crippen LogP contribution in [0.25, 0.3) is 10.8 Å². The standard InChI is InChI=1S/C19H17F2N3O4/c1-2-27-18-9-12(3-6-17(18)28-19(20)21)10-23-15-4-5-16(24(25)26)14-11-22-8-7-13(14)15/h3-9,11,19,23H,2,10H2,1H3. The van der Waals surface area contributed by atoms with E-state index in [4.69, 9.17) is 4.74 Å². The first-order valence-corrected chi connectivity index (χ1v) is 8.45. The van der Waals surface area contributed by atoms with Crippen molar-refractivity contribution in [3.05, 3.63) is 64.5 Å². The number of nitro benzene ring substituents is 1. The van der Waals surface area contributed by atoms with E-state index in [1.54, 1.807) is 37.4 Å². The van der Waals surface area contributed by atoms with Gasteiger partial charge >= 0.3 is 6.61 Å². The summed E-state index contributed by atoms with van der Waals surface area (Å²) < 4.78 is 34.8. The van der Waals surface area contributed by atoms with Gasteiger partial charge in [-0.15, -0.1) is 0 Å². The Morgan fingerprint density at radius 1 is 1.18 bits per heavy atom. The van der Waals surface area contributed by atoms with Gasteiger partial charge in [-0.3, -0.25) is 15.1 Å². The van der Waals surface area contributed by atoms with Crippen LogP contribution in [0.1, 0.15) is 12.5 Å². The number of aromatic nitrogens is 1. The summed E-state index contributed by atoms with van der Waals surface area (Å²) in [5, 5.41) is 15.5. The van der Waals surface area contributed by atoms with Gasteiger partial charge in [0.25, 0.3) is 5.69 Å². The zero-order chi connectivity index (χ0) is 20.1. The minimum absolute atomic E-state index is 0.0271. The van der Waals surface area contributed by atoms with Gasteiger partial charge in [-0.1, -0.05) is 6.07 Å². The molecule has 3 rings (SSSR count). The summed E-state index contributed by atoms with van der Waals surface area (Å²) in [6, 6.07) is 9.41. The summed E-state index contributed by atoms with van der Waals surface area (Å²) in [6.45, 7) is -0.544. The Morgan fingerprint density at radius 2 is 2.00 bits per heavy atom. The van der Waals surface area contributed by atoms with Gasteiger partial charge in [0, 0.05) is 36.1 Å². The average Bonchev–Trinajstić information content (AvgIpc) is 2.67. The van der Waals surface area contributed by atoms with Crippen LogP contribution in [0.4, 0.5) is 20.2 Å². The molecule has 0 aliphatic carbocycles. The Balaban J connectivity index is 1.85. The maximum Gasteiger partial charge on any atom is 0.387 e. The SMILES string of the molecule is CCOc1cc(CNc2ccc([N+](=O)[O-])c3cnccc23)ccc1OC(F)F. The summed E-state index contributed by atoms with van der Waals surface area (Å²) in [6.07, 6.45) is 3.00. The molecule has 1 aromatic heterocycles. The molecule has 28 heavy (non-hydrogen) atoms. The summed E-state index contributed by atoms with van der Waals surface area (Å²) in [4.78, 5) is 14.7. The number of non-ortho nitro benzene ring substituents is 1. The van der Waals surface area contributed by atoms with E-state index in [1.165, 1.54) is 18.3 Å². The first kappa shape index (κ1) is 19.3. The van der Waals surface area contributed by atoms with Crippen LogP contribution in [0, 0.1) is 10.1 Å². The van der Waals surface area contributed by atoms with Crippen molar-refractivity contribution in [2.45, 2.75) is 20.1 Å². The number of benzene rings is 2. The highest BCUT2D eigenvalue weighted by Crippen LogP contribution is 2.32. The fourth-order valence-electron chi connectivity index (χ4n) is 2.81. The van der Waals surface area contributed by atoms with Crippen molar-refractivity contribution in [1.29, 1.82) is 0 Å². The first-order chi connectivity index (χ1) is 13.5. The number of nitrogens with one attached hydrogen (secondary N) is 1. The Labute approximate surface area is 159 Å². The molecule has 0 saturated carbocycles. The second-order valence-electron chi connectivity index (χ2n) is 5.76. The third-order valence-corrected chi connectivity index (χ3v) is 4.00. The highest BCUT2D eigenvalue weighted by Gasteiger charge is 2.15. The van der Waals surface area contributed by atoms with E-state index in [-0.39, 0.29) is 17.2 Å². The van der Waals surface area contributed by atoms with Crippen LogP contribution < -0.4 is 14.8 Å². The topological polar surface area (TPSA) is 86.5 Å². The maximum atomic E-state index is 12.5. The number of pyridine rings is 1. The molecule has 9 heteroatoms. The molecule has 1 heterocycles. The van der Waals surface area contributed by atoms with E-state index in [2.05, 4.69) is 15.0 Å². The fourth-order valence-corrected chi connectivity index (χ4v) is 2.81. The Kier molecular flexibility index (Phi) is 5.83. The highest BCUT2D eigenvalue weighted by molar-refractivity contribution is 5.99. The molecule has 2 aromatic carbocycles. The molecule has 0 atom stereocenters. The molecule has 0 aliphatic heterocycles. The monoisotopic (exact) mass is 389 g/mol. The van der Waals surface area contributed by atoms with E-state index in [0.29, 0.717) is 29.6 Å². The molecule has 0 unspecified atom stereocenters. The van der Waals surface area contributed by atoms with Crippen LogP contribution in [0.15, 0.2) is 48.8 Å². The van der Waals surface area contributed by atoms with E-state index in [1.807, 2.05) is 0 Å². The highest BCUT2D eigenvalue weighted by atomic mass is 19.3. The second kappa shape index (κ2) is 8.47. The molecule has 0 amide bonds. The summed E-state index contributed by atoms with van der Waals surface area (Å²) in [7, 11) is 0. The van der Waals surface area contributed by atoms with Crippen LogP contribution in [0.3, 0.4) is 0 Å². The van der Waals surface area contributed by atoms with Gasteiger partial charge in [0.1, 0.15) is 0 Å². The largest absolute Gasteiger partial charge is 0.490 e. The minimum Gasteiger partial charge on any atom is -0.490 e. The van der Waals surface area contributed by atoms with Crippen molar-refractivity contribution >= 4 is 22.1 Å². The number of fused-ring (bicyclic) bond motifs is 1. The van der Waals surface area contributed by atoms with Crippen molar-refractivity contribution in [3.8, 4) is 11.5 Å². The Hall–Kier alpha value is -3.49. The molecular weight excluding hydrogens is 372 g/mol. The van der Waals surface area contributed by atoms with Gasteiger partial charge in [0.2, 0.25) is 0 Å². The number of halogens is 2. The first-order valence-electron chi connectivity index (χ1n) is 8.45. The lowest BCUT2D eigenvalue weighted by Gasteiger charge is -2.14. The van der Waals surface area contributed by atoms with E-state index >= 15 is 0 Å². The van der Waals surface area contributed by atoms with Gasteiger partial charge in [-0.05, 0) is 36.8 Å². The molecule has 0 aliphatic rings. The van der Waals surface area contributed by atoms with Crippen LogP contribution in [-0.2, 0) is 6.54 Å². The minimum atomic E-state index is -2.94. The van der Waals surface area contributed by atoms with Gasteiger partial charge in [-0.25, -0.2) is 0 Å². The fraction of sp³-hybridized carbons (Fsp3) is 0.211. The maximum absolute atomic E-state index is 12.5. The molecule has 0 bridgehead atoms. The Bertz CT molecular complexity index is 998. The lowest BCUT2D eigenvalue weighted by Crippen LogP contribution is -2.06. The van der Waals surface area contributed by atoms with Crippen molar-refractivity contribution in [2.75, 3.05) is 11.9 Å². The molecular formula is C19H17F2N3O4. The van der Waals surface area contributed by atoms with Crippen molar-refractivity contribution in [2.24, 2.45) is 0 Å². The number of nitro groups is 1. The molecule has 0 fully saturated rings. The summed E-state index contributed by atoms with van der Waals surface area (Å²) in [5.74, 6) is 0.187. The molecule has 146 valence electrons. The van der Waals surface area contributed by atoms with Gasteiger partial charge in [0.15, 0.2) is 11.5 Å². The number of hydrogen-bond acceptors (Lipinski definition) is 6. The number of ether oxygens (including phenoxy) is 2. The number of nitrogens with zero attached hydrogens (tertiary/aromatic N) is 2. The summed E-state index contributed by atoms with van der Waals surface area (Å²) in [5.41, 5.74) is 1.43. The number of anilines is 1. The third-order valence-electron chi connectivity index (χ3n) is 4.00. The van der Waals surface area contributed by atoms with E-state index < -0.39 is 11.5 Å². The molecule has 0 radical (unpaired) electrons. The normalized spacial score (nSPS) is 10.9. The molecule has 1 N–H and O–H groups in total. The predicted molar refractivity (Wildman–Crippen MR) is 100.0 cm³/mol. The number of hydrogen-bond donors (Lipinski definition) is 1. The molecule has 3 aromatic rings. The third kappa shape index (κ3) is 4.25. The van der Waals surface area contributed by atoms with Crippen LogP contribution >= 0.6 is 0 Å². The van der Waals surface area contributed by atoms with Crippen molar-refractivity contribution in [1.82, 2.24) is 4.98 Å². The molecule has 0 saturated heterocycles. The second-order valence-corrected chi connectivity index (χ2v) is 5.76. The Morgan fingerprint density at radius 3 is 2.71 bits per heavy atom. The van der Waals surface area contributed by atoms with Crippen molar-refractivity contribution in [3.63, 3.8) is 0 Å². The van der Waals surface area contributed by atoms with E-state index in [0.717, 1.165) is 5.56 Å². The quantitative estimate of drug-likeness (QED) is 0.442. The lowest BCUT2D eigenvalue weighted by molar-refractivity contribution is -0.383.